The third kappa shape index (κ3) is 2.98. The molecule has 2 rings (SSSR count). The maximum atomic E-state index is 11.2. The van der Waals surface area contributed by atoms with Crippen LogP contribution in [0.4, 0.5) is 0 Å². The Morgan fingerprint density at radius 2 is 2.24 bits per heavy atom. The first-order valence-corrected chi connectivity index (χ1v) is 5.18. The highest BCUT2D eigenvalue weighted by atomic mass is 16.5. The highest BCUT2D eigenvalue weighted by Gasteiger charge is 2.07. The summed E-state index contributed by atoms with van der Waals surface area (Å²) in [6, 6.07) is 7.20. The first kappa shape index (κ1) is 11.5. The molecule has 0 aliphatic carbocycles. The lowest BCUT2D eigenvalue weighted by atomic mass is 10.3. The third-order valence-corrected chi connectivity index (χ3v) is 2.16. The molecule has 5 heteroatoms. The Morgan fingerprint density at radius 1 is 1.35 bits per heavy atom. The molecule has 0 bridgehead atoms. The minimum atomic E-state index is -0.177. The Hall–Kier alpha value is -2.01. The standard InChI is InChI=1S/C12H13NO4/c1-15-8-12(14)13-7-9-4-5-11(17-9)10-3-2-6-16-10/h2-6H,7-8H2,1H3,(H,13,14). The van der Waals surface area contributed by atoms with Gasteiger partial charge in [0.1, 0.15) is 12.4 Å². The molecule has 0 radical (unpaired) electrons. The minimum absolute atomic E-state index is 0.0474. The molecule has 0 atom stereocenters. The van der Waals surface area contributed by atoms with Crippen molar-refractivity contribution in [2.24, 2.45) is 0 Å². The van der Waals surface area contributed by atoms with Crippen molar-refractivity contribution in [3.8, 4) is 11.5 Å². The van der Waals surface area contributed by atoms with Gasteiger partial charge < -0.3 is 18.9 Å². The topological polar surface area (TPSA) is 64.6 Å². The van der Waals surface area contributed by atoms with E-state index in [1.54, 1.807) is 24.5 Å². The zero-order chi connectivity index (χ0) is 12.1. The van der Waals surface area contributed by atoms with Gasteiger partial charge >= 0.3 is 0 Å². The van der Waals surface area contributed by atoms with Gasteiger partial charge in [0.05, 0.1) is 12.8 Å². The molecule has 2 aromatic heterocycles. The van der Waals surface area contributed by atoms with Crippen molar-refractivity contribution in [3.05, 3.63) is 36.3 Å². The quantitative estimate of drug-likeness (QED) is 0.858. The van der Waals surface area contributed by atoms with Crippen molar-refractivity contribution in [2.45, 2.75) is 6.54 Å². The molecule has 1 N–H and O–H groups in total. The van der Waals surface area contributed by atoms with E-state index in [0.717, 1.165) is 0 Å². The van der Waals surface area contributed by atoms with Gasteiger partial charge in [-0.05, 0) is 24.3 Å². The predicted octanol–water partition coefficient (Wildman–Crippen LogP) is 1.80. The van der Waals surface area contributed by atoms with Gasteiger partial charge in [-0.25, -0.2) is 0 Å². The molecule has 0 saturated heterocycles. The van der Waals surface area contributed by atoms with E-state index in [0.29, 0.717) is 23.8 Å². The average molecular weight is 235 g/mol. The SMILES string of the molecule is COCC(=O)NCc1ccc(-c2ccco2)o1. The van der Waals surface area contributed by atoms with Crippen LogP contribution >= 0.6 is 0 Å². The molecular weight excluding hydrogens is 222 g/mol. The molecule has 17 heavy (non-hydrogen) atoms. The fraction of sp³-hybridized carbons (Fsp3) is 0.250. The summed E-state index contributed by atoms with van der Waals surface area (Å²) < 4.78 is 15.4. The number of furan rings is 2. The van der Waals surface area contributed by atoms with Gasteiger partial charge in [0.25, 0.3) is 0 Å². The summed E-state index contributed by atoms with van der Waals surface area (Å²) in [7, 11) is 1.47. The molecular formula is C12H13NO4. The molecule has 5 nitrogen and oxygen atoms in total. The smallest absolute Gasteiger partial charge is 0.246 e. The van der Waals surface area contributed by atoms with E-state index in [1.165, 1.54) is 7.11 Å². The Kier molecular flexibility index (Phi) is 3.62. The van der Waals surface area contributed by atoms with E-state index < -0.39 is 0 Å². The van der Waals surface area contributed by atoms with Gasteiger partial charge in [-0.2, -0.15) is 0 Å². The van der Waals surface area contributed by atoms with Crippen LogP contribution in [-0.2, 0) is 16.1 Å². The van der Waals surface area contributed by atoms with E-state index >= 15 is 0 Å². The van der Waals surface area contributed by atoms with Crippen molar-refractivity contribution in [3.63, 3.8) is 0 Å². The summed E-state index contributed by atoms with van der Waals surface area (Å²) in [5.74, 6) is 1.80. The number of methoxy groups -OCH3 is 1. The van der Waals surface area contributed by atoms with E-state index in [1.807, 2.05) is 6.07 Å². The molecule has 0 saturated carbocycles. The fourth-order valence-electron chi connectivity index (χ4n) is 1.39. The second-order valence-corrected chi connectivity index (χ2v) is 3.45. The maximum absolute atomic E-state index is 11.2. The number of ether oxygens (including phenoxy) is 1. The Morgan fingerprint density at radius 3 is 2.94 bits per heavy atom. The lowest BCUT2D eigenvalue weighted by Gasteiger charge is -2.01. The van der Waals surface area contributed by atoms with Gasteiger partial charge in [-0.3, -0.25) is 4.79 Å². The van der Waals surface area contributed by atoms with E-state index in [9.17, 15) is 4.79 Å². The maximum Gasteiger partial charge on any atom is 0.246 e. The fourth-order valence-corrected chi connectivity index (χ4v) is 1.39. The Bertz CT molecular complexity index is 472. The van der Waals surface area contributed by atoms with Crippen molar-refractivity contribution in [1.82, 2.24) is 5.32 Å². The van der Waals surface area contributed by atoms with Gasteiger partial charge in [-0.1, -0.05) is 0 Å². The summed E-state index contributed by atoms with van der Waals surface area (Å²) in [4.78, 5) is 11.2. The molecule has 2 aromatic rings. The van der Waals surface area contributed by atoms with Crippen molar-refractivity contribution in [1.29, 1.82) is 0 Å². The van der Waals surface area contributed by atoms with Crippen molar-refractivity contribution >= 4 is 5.91 Å². The van der Waals surface area contributed by atoms with Crippen LogP contribution in [0.5, 0.6) is 0 Å². The number of nitrogens with one attached hydrogen (secondary N) is 1. The summed E-state index contributed by atoms with van der Waals surface area (Å²) in [6.07, 6.45) is 1.58. The number of amides is 1. The van der Waals surface area contributed by atoms with Gasteiger partial charge in [0.15, 0.2) is 11.5 Å². The summed E-state index contributed by atoms with van der Waals surface area (Å²) in [6.45, 7) is 0.384. The van der Waals surface area contributed by atoms with Gasteiger partial charge in [-0.15, -0.1) is 0 Å². The molecule has 90 valence electrons. The zero-order valence-electron chi connectivity index (χ0n) is 9.43. The van der Waals surface area contributed by atoms with Crippen LogP contribution in [0.1, 0.15) is 5.76 Å². The van der Waals surface area contributed by atoms with Crippen LogP contribution in [0.15, 0.2) is 39.4 Å². The predicted molar refractivity (Wildman–Crippen MR) is 60.1 cm³/mol. The summed E-state index contributed by atoms with van der Waals surface area (Å²) >= 11 is 0. The molecule has 2 heterocycles. The second kappa shape index (κ2) is 5.36. The van der Waals surface area contributed by atoms with E-state index in [-0.39, 0.29) is 12.5 Å². The van der Waals surface area contributed by atoms with Crippen LogP contribution in [0.25, 0.3) is 11.5 Å². The minimum Gasteiger partial charge on any atom is -0.461 e. The van der Waals surface area contributed by atoms with Gasteiger partial charge in [0, 0.05) is 7.11 Å². The summed E-state index contributed by atoms with van der Waals surface area (Å²) in [5.41, 5.74) is 0. The normalized spacial score (nSPS) is 10.4. The molecule has 0 fully saturated rings. The Labute approximate surface area is 98.4 Å². The third-order valence-electron chi connectivity index (χ3n) is 2.16. The number of hydrogen-bond acceptors (Lipinski definition) is 4. The summed E-state index contributed by atoms with van der Waals surface area (Å²) in [5, 5.41) is 2.67. The zero-order valence-corrected chi connectivity index (χ0v) is 9.43. The first-order chi connectivity index (χ1) is 8.29. The highest BCUT2D eigenvalue weighted by molar-refractivity contribution is 5.77. The number of carbonyl (C=O) groups is 1. The largest absolute Gasteiger partial charge is 0.461 e. The monoisotopic (exact) mass is 235 g/mol. The van der Waals surface area contributed by atoms with Crippen LogP contribution in [0.3, 0.4) is 0 Å². The number of hydrogen-bond donors (Lipinski definition) is 1. The van der Waals surface area contributed by atoms with E-state index in [4.69, 9.17) is 13.6 Å². The van der Waals surface area contributed by atoms with E-state index in [2.05, 4.69) is 5.32 Å². The average Bonchev–Trinajstić information content (AvgIpc) is 2.97. The molecule has 0 spiro atoms. The number of rotatable bonds is 5. The van der Waals surface area contributed by atoms with Gasteiger partial charge in [0.2, 0.25) is 5.91 Å². The van der Waals surface area contributed by atoms with Crippen molar-refractivity contribution in [2.75, 3.05) is 13.7 Å². The lowest BCUT2D eigenvalue weighted by molar-refractivity contribution is -0.124. The molecule has 0 unspecified atom stereocenters. The van der Waals surface area contributed by atoms with Crippen LogP contribution in [-0.4, -0.2) is 19.6 Å². The first-order valence-electron chi connectivity index (χ1n) is 5.18. The van der Waals surface area contributed by atoms with Crippen LogP contribution in [0.2, 0.25) is 0 Å². The molecule has 0 aromatic carbocycles. The van der Waals surface area contributed by atoms with Crippen molar-refractivity contribution < 1.29 is 18.4 Å². The van der Waals surface area contributed by atoms with Crippen LogP contribution < -0.4 is 5.32 Å². The molecule has 0 aliphatic heterocycles. The lowest BCUT2D eigenvalue weighted by Crippen LogP contribution is -2.26. The molecule has 1 amide bonds. The Balaban J connectivity index is 1.93. The number of carbonyl (C=O) groups excluding carboxylic acids is 1. The van der Waals surface area contributed by atoms with Crippen LogP contribution in [0, 0.1) is 0 Å². The second-order valence-electron chi connectivity index (χ2n) is 3.45. The molecule has 0 aliphatic rings. The highest BCUT2D eigenvalue weighted by Crippen LogP contribution is 2.22.